The van der Waals surface area contributed by atoms with Crippen LogP contribution in [-0.4, -0.2) is 51.9 Å². The average Bonchev–Trinajstić information content (AvgIpc) is 3.18. The zero-order chi connectivity index (χ0) is 19.7. The minimum Gasteiger partial charge on any atom is -0.481 e. The molecule has 0 N–H and O–H groups in total. The van der Waals surface area contributed by atoms with Crippen molar-refractivity contribution in [3.8, 4) is 5.75 Å². The van der Waals surface area contributed by atoms with E-state index in [0.29, 0.717) is 12.3 Å². The van der Waals surface area contributed by atoms with Crippen LogP contribution in [0, 0.1) is 5.82 Å². The molecule has 1 amide bonds. The van der Waals surface area contributed by atoms with E-state index in [2.05, 4.69) is 16.9 Å². The van der Waals surface area contributed by atoms with Gasteiger partial charge in [0.2, 0.25) is 0 Å². The van der Waals surface area contributed by atoms with E-state index in [4.69, 9.17) is 9.72 Å². The fourth-order valence-corrected chi connectivity index (χ4v) is 3.93. The first kappa shape index (κ1) is 18.8. The highest BCUT2D eigenvalue weighted by molar-refractivity contribution is 5.81. The number of hydrogen-bond acceptors (Lipinski definition) is 5. The van der Waals surface area contributed by atoms with Crippen LogP contribution in [-0.2, 0) is 17.8 Å². The predicted octanol–water partition coefficient (Wildman–Crippen LogP) is 2.73. The Bertz CT molecular complexity index is 858. The first-order valence-corrected chi connectivity index (χ1v) is 9.77. The minimum absolute atomic E-state index is 0.0899. The molecule has 2 atom stereocenters. The van der Waals surface area contributed by atoms with E-state index in [0.717, 1.165) is 43.9 Å². The zero-order valence-corrected chi connectivity index (χ0v) is 16.3. The summed E-state index contributed by atoms with van der Waals surface area (Å²) in [5.41, 5.74) is 2.26. The van der Waals surface area contributed by atoms with Gasteiger partial charge in [0, 0.05) is 43.5 Å². The monoisotopic (exact) mass is 384 g/mol. The zero-order valence-electron chi connectivity index (χ0n) is 16.3. The molecule has 28 heavy (non-hydrogen) atoms. The number of hydrogen-bond donors (Lipinski definition) is 0. The van der Waals surface area contributed by atoms with Crippen molar-refractivity contribution in [1.29, 1.82) is 0 Å². The Morgan fingerprint density at radius 2 is 2.07 bits per heavy atom. The summed E-state index contributed by atoms with van der Waals surface area (Å²) in [7, 11) is 2.09. The summed E-state index contributed by atoms with van der Waals surface area (Å²) in [6.45, 7) is 4.25. The molecule has 1 aromatic heterocycles. The van der Waals surface area contributed by atoms with Gasteiger partial charge in [0.15, 0.2) is 11.9 Å². The summed E-state index contributed by atoms with van der Waals surface area (Å²) in [4.78, 5) is 26.5. The number of rotatable bonds is 4. The van der Waals surface area contributed by atoms with Crippen molar-refractivity contribution in [2.24, 2.45) is 0 Å². The number of aromatic nitrogens is 2. The predicted molar refractivity (Wildman–Crippen MR) is 102 cm³/mol. The maximum absolute atomic E-state index is 13.1. The van der Waals surface area contributed by atoms with Crippen LogP contribution < -0.4 is 4.74 Å². The molecule has 3 heterocycles. The van der Waals surface area contributed by atoms with Gasteiger partial charge in [-0.25, -0.2) is 14.4 Å². The van der Waals surface area contributed by atoms with Crippen molar-refractivity contribution in [2.75, 3.05) is 20.1 Å². The topological polar surface area (TPSA) is 58.6 Å². The Morgan fingerprint density at radius 3 is 2.86 bits per heavy atom. The van der Waals surface area contributed by atoms with Crippen LogP contribution in [0.25, 0.3) is 0 Å². The number of halogens is 1. The molecule has 6 nitrogen and oxygen atoms in total. The third-order valence-electron chi connectivity index (χ3n) is 5.45. The second-order valence-electron chi connectivity index (χ2n) is 7.59. The Kier molecular flexibility index (Phi) is 5.26. The van der Waals surface area contributed by atoms with Gasteiger partial charge in [-0.15, -0.1) is 0 Å². The Morgan fingerprint density at radius 1 is 1.29 bits per heavy atom. The maximum atomic E-state index is 13.1. The Hall–Kier alpha value is -2.54. The first-order valence-electron chi connectivity index (χ1n) is 9.77. The summed E-state index contributed by atoms with van der Waals surface area (Å²) < 4.78 is 18.8. The second-order valence-corrected chi connectivity index (χ2v) is 7.59. The first-order chi connectivity index (χ1) is 13.5. The quantitative estimate of drug-likeness (QED) is 0.811. The van der Waals surface area contributed by atoms with Crippen molar-refractivity contribution in [1.82, 2.24) is 19.8 Å². The molecule has 0 unspecified atom stereocenters. The smallest absolute Gasteiger partial charge is 0.263 e. The average molecular weight is 384 g/mol. The van der Waals surface area contributed by atoms with Gasteiger partial charge < -0.3 is 14.5 Å². The number of ether oxygens (including phenoxy) is 1. The SMILES string of the molecule is C[C@@H](Oc1ccc(F)cc1)C(=O)N1CCC[C@H]1c1ncc2c(n1)CCN(C)C2. The lowest BCUT2D eigenvalue weighted by atomic mass is 10.1. The van der Waals surface area contributed by atoms with Gasteiger partial charge in [0.1, 0.15) is 11.6 Å². The number of carbonyl (C=O) groups excluding carboxylic acids is 1. The maximum Gasteiger partial charge on any atom is 0.263 e. The number of likely N-dealkylation sites (tertiary alicyclic amines) is 1. The van der Waals surface area contributed by atoms with Gasteiger partial charge in [-0.3, -0.25) is 4.79 Å². The van der Waals surface area contributed by atoms with Crippen LogP contribution >= 0.6 is 0 Å². The van der Waals surface area contributed by atoms with E-state index in [1.165, 1.54) is 29.8 Å². The van der Waals surface area contributed by atoms with E-state index in [-0.39, 0.29) is 17.8 Å². The Balaban J connectivity index is 1.48. The van der Waals surface area contributed by atoms with Crippen LogP contribution in [0.15, 0.2) is 30.5 Å². The van der Waals surface area contributed by atoms with Crippen LogP contribution in [0.4, 0.5) is 4.39 Å². The van der Waals surface area contributed by atoms with Gasteiger partial charge in [0.25, 0.3) is 5.91 Å². The fourth-order valence-electron chi connectivity index (χ4n) is 3.93. The Labute approximate surface area is 164 Å². The van der Waals surface area contributed by atoms with Crippen LogP contribution in [0.5, 0.6) is 5.75 Å². The normalized spacial score (nSPS) is 20.7. The molecule has 1 saturated heterocycles. The molecule has 0 bridgehead atoms. The molecule has 7 heteroatoms. The summed E-state index contributed by atoms with van der Waals surface area (Å²) in [6.07, 6.45) is 3.94. The number of fused-ring (bicyclic) bond motifs is 1. The van der Waals surface area contributed by atoms with Crippen molar-refractivity contribution in [3.63, 3.8) is 0 Å². The summed E-state index contributed by atoms with van der Waals surface area (Å²) in [5, 5.41) is 0. The van der Waals surface area contributed by atoms with Gasteiger partial charge >= 0.3 is 0 Å². The number of amides is 1. The summed E-state index contributed by atoms with van der Waals surface area (Å²) in [5.74, 6) is 0.782. The number of carbonyl (C=O) groups is 1. The molecule has 0 spiro atoms. The molecule has 1 fully saturated rings. The molecule has 0 radical (unpaired) electrons. The largest absolute Gasteiger partial charge is 0.481 e. The van der Waals surface area contributed by atoms with E-state index < -0.39 is 6.10 Å². The van der Waals surface area contributed by atoms with Crippen LogP contribution in [0.3, 0.4) is 0 Å². The van der Waals surface area contributed by atoms with Crippen molar-refractivity contribution in [2.45, 2.75) is 44.9 Å². The number of benzene rings is 1. The lowest BCUT2D eigenvalue weighted by molar-refractivity contribution is -0.139. The lowest BCUT2D eigenvalue weighted by Gasteiger charge is -2.28. The highest BCUT2D eigenvalue weighted by Crippen LogP contribution is 2.31. The van der Waals surface area contributed by atoms with Crippen LogP contribution in [0.2, 0.25) is 0 Å². The van der Waals surface area contributed by atoms with Gasteiger partial charge in [-0.05, 0) is 51.1 Å². The second kappa shape index (κ2) is 7.83. The molecule has 4 rings (SSSR count). The molecule has 2 aliphatic rings. The fraction of sp³-hybridized carbons (Fsp3) is 0.476. The van der Waals surface area contributed by atoms with Gasteiger partial charge in [-0.2, -0.15) is 0 Å². The van der Waals surface area contributed by atoms with Gasteiger partial charge in [0.05, 0.1) is 6.04 Å². The molecule has 0 aliphatic carbocycles. The van der Waals surface area contributed by atoms with Crippen LogP contribution in [0.1, 0.15) is 42.9 Å². The third kappa shape index (κ3) is 3.85. The van der Waals surface area contributed by atoms with E-state index in [1.54, 1.807) is 6.92 Å². The molecular weight excluding hydrogens is 359 g/mol. The molecule has 2 aromatic rings. The molecular formula is C21H25FN4O2. The lowest BCUT2D eigenvalue weighted by Crippen LogP contribution is -2.40. The highest BCUT2D eigenvalue weighted by Gasteiger charge is 2.35. The van der Waals surface area contributed by atoms with Gasteiger partial charge in [-0.1, -0.05) is 0 Å². The number of nitrogens with zero attached hydrogens (tertiary/aromatic N) is 4. The third-order valence-corrected chi connectivity index (χ3v) is 5.45. The standard InChI is InChI=1S/C21H25FN4O2/c1-14(28-17-7-5-16(22)6-8-17)21(27)26-10-3-4-19(26)20-23-12-15-13-25(2)11-9-18(15)24-20/h5-8,12,14,19H,3-4,9-11,13H2,1-2H3/t14-,19+/m1/s1. The summed E-state index contributed by atoms with van der Waals surface area (Å²) in [6, 6.07) is 5.60. The molecule has 1 aromatic carbocycles. The minimum atomic E-state index is -0.655. The molecule has 0 saturated carbocycles. The number of likely N-dealkylation sites (N-methyl/N-ethyl adjacent to an activating group) is 1. The van der Waals surface area contributed by atoms with E-state index in [9.17, 15) is 9.18 Å². The van der Waals surface area contributed by atoms with Crippen molar-refractivity contribution < 1.29 is 13.9 Å². The van der Waals surface area contributed by atoms with E-state index >= 15 is 0 Å². The molecule has 2 aliphatic heterocycles. The van der Waals surface area contributed by atoms with E-state index in [1.807, 2.05) is 11.1 Å². The van der Waals surface area contributed by atoms with Crippen molar-refractivity contribution >= 4 is 5.91 Å². The summed E-state index contributed by atoms with van der Waals surface area (Å²) >= 11 is 0. The molecule has 148 valence electrons. The highest BCUT2D eigenvalue weighted by atomic mass is 19.1. The van der Waals surface area contributed by atoms with Crippen molar-refractivity contribution in [3.05, 3.63) is 53.4 Å².